The summed E-state index contributed by atoms with van der Waals surface area (Å²) in [6, 6.07) is 7.80. The summed E-state index contributed by atoms with van der Waals surface area (Å²) in [5, 5.41) is 11.5. The quantitative estimate of drug-likeness (QED) is 0.790. The molecule has 29 heavy (non-hydrogen) atoms. The molecule has 0 bridgehead atoms. The van der Waals surface area contributed by atoms with Crippen LogP contribution < -0.4 is 10.2 Å². The number of nitrogens with one attached hydrogen (secondary N) is 1. The molecule has 1 N–H and O–H groups in total. The lowest BCUT2D eigenvalue weighted by Crippen LogP contribution is -2.49. The summed E-state index contributed by atoms with van der Waals surface area (Å²) < 4.78 is 51.7. The average Bonchev–Trinajstić information content (AvgIpc) is 2.69. The zero-order valence-electron chi connectivity index (χ0n) is 15.2. The van der Waals surface area contributed by atoms with Crippen molar-refractivity contribution < 1.29 is 22.4 Å². The second kappa shape index (κ2) is 8.45. The molecule has 0 unspecified atom stereocenters. The molecule has 2 heterocycles. The third kappa shape index (κ3) is 5.00. The molecule has 152 valence electrons. The smallest absolute Gasteiger partial charge is 0.353 e. The normalized spacial score (nSPS) is 15.1. The topological polar surface area (TPSA) is 72.3 Å². The monoisotopic (exact) mass is 407 g/mol. The number of benzene rings is 1. The molecule has 0 spiro atoms. The SMILES string of the molecule is N#Cc1cccnc1N1CCN(CC(=O)Nc2ccc(F)c(C(F)(F)F)c2)CC1. The molecular formula is C19H17F4N5O. The Hall–Kier alpha value is -3.19. The van der Waals surface area contributed by atoms with Crippen LogP contribution in [0.5, 0.6) is 0 Å². The molecule has 0 atom stereocenters. The van der Waals surface area contributed by atoms with Crippen molar-refractivity contribution in [2.45, 2.75) is 6.18 Å². The number of nitrogens with zero attached hydrogens (tertiary/aromatic N) is 4. The number of alkyl halides is 3. The van der Waals surface area contributed by atoms with Crippen molar-refractivity contribution in [1.82, 2.24) is 9.88 Å². The number of rotatable bonds is 4. The van der Waals surface area contributed by atoms with Crippen LogP contribution in [-0.2, 0) is 11.0 Å². The van der Waals surface area contributed by atoms with Gasteiger partial charge in [0.05, 0.1) is 17.7 Å². The van der Waals surface area contributed by atoms with Gasteiger partial charge < -0.3 is 10.2 Å². The molecule has 6 nitrogen and oxygen atoms in total. The first-order chi connectivity index (χ1) is 13.8. The second-order valence-corrected chi connectivity index (χ2v) is 6.49. The lowest BCUT2D eigenvalue weighted by Gasteiger charge is -2.35. The van der Waals surface area contributed by atoms with Crippen LogP contribution in [-0.4, -0.2) is 48.5 Å². The van der Waals surface area contributed by atoms with E-state index >= 15 is 0 Å². The Morgan fingerprint density at radius 2 is 1.93 bits per heavy atom. The predicted octanol–water partition coefficient (Wildman–Crippen LogP) is 2.87. The van der Waals surface area contributed by atoms with E-state index in [4.69, 9.17) is 0 Å². The van der Waals surface area contributed by atoms with Crippen LogP contribution in [0.15, 0.2) is 36.5 Å². The Morgan fingerprint density at radius 3 is 2.59 bits per heavy atom. The summed E-state index contributed by atoms with van der Waals surface area (Å²) in [6.07, 6.45) is -3.23. The van der Waals surface area contributed by atoms with E-state index in [1.807, 2.05) is 9.80 Å². The molecule has 1 aromatic carbocycles. The minimum atomic E-state index is -4.84. The molecule has 10 heteroatoms. The Bertz CT molecular complexity index is 933. The van der Waals surface area contributed by atoms with Crippen LogP contribution in [0.3, 0.4) is 0 Å². The maximum absolute atomic E-state index is 13.3. The summed E-state index contributed by atoms with van der Waals surface area (Å²) in [5.41, 5.74) is -1.07. The first kappa shape index (κ1) is 20.5. The van der Waals surface area contributed by atoms with E-state index in [-0.39, 0.29) is 12.2 Å². The largest absolute Gasteiger partial charge is 0.419 e. The molecule has 0 aliphatic carbocycles. The van der Waals surface area contributed by atoms with Gasteiger partial charge in [0, 0.05) is 38.1 Å². The van der Waals surface area contributed by atoms with Gasteiger partial charge in [0.2, 0.25) is 5.91 Å². The number of halogens is 4. The Morgan fingerprint density at radius 1 is 1.21 bits per heavy atom. The fourth-order valence-corrected chi connectivity index (χ4v) is 3.08. The number of nitriles is 1. The summed E-state index contributed by atoms with van der Waals surface area (Å²) in [4.78, 5) is 20.2. The van der Waals surface area contributed by atoms with Gasteiger partial charge in [0.25, 0.3) is 0 Å². The van der Waals surface area contributed by atoms with Crippen molar-refractivity contribution in [3.63, 3.8) is 0 Å². The Balaban J connectivity index is 1.56. The highest BCUT2D eigenvalue weighted by atomic mass is 19.4. The van der Waals surface area contributed by atoms with Gasteiger partial charge >= 0.3 is 6.18 Å². The van der Waals surface area contributed by atoms with Crippen molar-refractivity contribution in [1.29, 1.82) is 5.26 Å². The number of aromatic nitrogens is 1. The van der Waals surface area contributed by atoms with Gasteiger partial charge in [0.15, 0.2) is 0 Å². The third-order valence-corrected chi connectivity index (χ3v) is 4.50. The number of amides is 1. The molecule has 1 aliphatic rings. The van der Waals surface area contributed by atoms with Crippen molar-refractivity contribution >= 4 is 17.4 Å². The highest BCUT2D eigenvalue weighted by Gasteiger charge is 2.34. The fraction of sp³-hybridized carbons (Fsp3) is 0.316. The van der Waals surface area contributed by atoms with Gasteiger partial charge in [-0.15, -0.1) is 0 Å². The highest BCUT2D eigenvalue weighted by Crippen LogP contribution is 2.33. The van der Waals surface area contributed by atoms with Crippen LogP contribution in [0.1, 0.15) is 11.1 Å². The third-order valence-electron chi connectivity index (χ3n) is 4.50. The lowest BCUT2D eigenvalue weighted by molar-refractivity contribution is -0.140. The van der Waals surface area contributed by atoms with Gasteiger partial charge in [0.1, 0.15) is 17.7 Å². The zero-order valence-corrected chi connectivity index (χ0v) is 15.2. The van der Waals surface area contributed by atoms with Crippen LogP contribution in [0.25, 0.3) is 0 Å². The standard InChI is InChI=1S/C19H17F4N5O/c20-16-4-3-14(10-15(16)19(21,22)23)26-17(29)12-27-6-8-28(9-7-27)18-13(11-24)2-1-5-25-18/h1-5,10H,6-9,12H2,(H,26,29). The van der Waals surface area contributed by atoms with E-state index in [1.165, 1.54) is 0 Å². The highest BCUT2D eigenvalue weighted by molar-refractivity contribution is 5.92. The first-order valence-electron chi connectivity index (χ1n) is 8.77. The molecule has 3 rings (SSSR count). The van der Waals surface area contributed by atoms with Crippen molar-refractivity contribution in [3.05, 3.63) is 53.5 Å². The number of piperazine rings is 1. The first-order valence-corrected chi connectivity index (χ1v) is 8.77. The van der Waals surface area contributed by atoms with E-state index in [0.717, 1.165) is 6.07 Å². The van der Waals surface area contributed by atoms with Crippen LogP contribution in [0, 0.1) is 17.1 Å². The van der Waals surface area contributed by atoms with Crippen LogP contribution in [0.4, 0.5) is 29.1 Å². The van der Waals surface area contributed by atoms with Gasteiger partial charge in [-0.1, -0.05) is 0 Å². The predicted molar refractivity (Wildman–Crippen MR) is 97.6 cm³/mol. The number of pyridine rings is 1. The van der Waals surface area contributed by atoms with E-state index in [9.17, 15) is 27.6 Å². The van der Waals surface area contributed by atoms with E-state index < -0.39 is 23.5 Å². The fourth-order valence-electron chi connectivity index (χ4n) is 3.08. The summed E-state index contributed by atoms with van der Waals surface area (Å²) >= 11 is 0. The molecule has 0 radical (unpaired) electrons. The number of carbonyl (C=O) groups excluding carboxylic acids is 1. The van der Waals surface area contributed by atoms with Crippen molar-refractivity contribution in [3.8, 4) is 6.07 Å². The molecular weight excluding hydrogens is 390 g/mol. The Kier molecular flexibility index (Phi) is 5.98. The van der Waals surface area contributed by atoms with Crippen LogP contribution in [0.2, 0.25) is 0 Å². The number of anilines is 2. The lowest BCUT2D eigenvalue weighted by atomic mass is 10.2. The Labute approximate surface area is 164 Å². The summed E-state index contributed by atoms with van der Waals surface area (Å²) in [7, 11) is 0. The number of carbonyl (C=O) groups is 1. The zero-order chi connectivity index (χ0) is 21.0. The number of hydrogen-bond acceptors (Lipinski definition) is 5. The van der Waals surface area contributed by atoms with E-state index in [0.29, 0.717) is 49.7 Å². The molecule has 1 aromatic heterocycles. The molecule has 2 aromatic rings. The average molecular weight is 407 g/mol. The minimum absolute atomic E-state index is 0.0140. The molecule has 1 aliphatic heterocycles. The van der Waals surface area contributed by atoms with E-state index in [1.54, 1.807) is 18.3 Å². The van der Waals surface area contributed by atoms with Gasteiger partial charge in [-0.05, 0) is 30.3 Å². The maximum Gasteiger partial charge on any atom is 0.419 e. The second-order valence-electron chi connectivity index (χ2n) is 6.49. The minimum Gasteiger partial charge on any atom is -0.353 e. The van der Waals surface area contributed by atoms with Gasteiger partial charge in [-0.3, -0.25) is 9.69 Å². The molecule has 1 fully saturated rings. The molecule has 1 saturated heterocycles. The van der Waals surface area contributed by atoms with Crippen LogP contribution >= 0.6 is 0 Å². The van der Waals surface area contributed by atoms with Crippen molar-refractivity contribution in [2.24, 2.45) is 0 Å². The maximum atomic E-state index is 13.3. The van der Waals surface area contributed by atoms with Gasteiger partial charge in [-0.2, -0.15) is 18.4 Å². The molecule has 1 amide bonds. The van der Waals surface area contributed by atoms with Gasteiger partial charge in [-0.25, -0.2) is 9.37 Å². The molecule has 0 saturated carbocycles. The summed E-state index contributed by atoms with van der Waals surface area (Å²) in [5.74, 6) is -1.29. The summed E-state index contributed by atoms with van der Waals surface area (Å²) in [6.45, 7) is 2.12. The van der Waals surface area contributed by atoms with Crippen molar-refractivity contribution in [2.75, 3.05) is 42.9 Å². The number of hydrogen-bond donors (Lipinski definition) is 1. The van der Waals surface area contributed by atoms with E-state index in [2.05, 4.69) is 16.4 Å².